The number of aliphatic imine (C=N–C) groups is 1. The number of alkyl halides is 3. The molecule has 1 aliphatic heterocycles. The number of pyridine rings is 1. The summed E-state index contributed by atoms with van der Waals surface area (Å²) < 4.78 is 78.4. The van der Waals surface area contributed by atoms with Gasteiger partial charge >= 0.3 is 6.18 Å². The number of fused-ring (bicyclic) bond motifs is 3. The van der Waals surface area contributed by atoms with Gasteiger partial charge in [0.1, 0.15) is 33.5 Å². The Morgan fingerprint density at radius 2 is 1.75 bits per heavy atom. The number of benzene rings is 2. The van der Waals surface area contributed by atoms with Gasteiger partial charge in [-0.1, -0.05) is 18.2 Å². The minimum atomic E-state index is -4.90. The second-order valence-corrected chi connectivity index (χ2v) is 8.60. The molecule has 2 aromatic heterocycles. The molecular weight excluding hydrogens is 549 g/mol. The molecule has 0 radical (unpaired) electrons. The predicted octanol–water partition coefficient (Wildman–Crippen LogP) is 6.57. The van der Waals surface area contributed by atoms with Crippen molar-refractivity contribution in [2.24, 2.45) is 4.99 Å². The van der Waals surface area contributed by atoms with Crippen LogP contribution in [0.15, 0.2) is 64.3 Å². The largest absolute Gasteiger partial charge is 0.497 e. The summed E-state index contributed by atoms with van der Waals surface area (Å²) in [5.41, 5.74) is -1.35. The van der Waals surface area contributed by atoms with Crippen molar-refractivity contribution in [1.82, 2.24) is 14.8 Å². The highest BCUT2D eigenvalue weighted by Crippen LogP contribution is 2.46. The van der Waals surface area contributed by atoms with Gasteiger partial charge in [0.15, 0.2) is 5.69 Å². The van der Waals surface area contributed by atoms with E-state index in [1.54, 1.807) is 24.3 Å². The van der Waals surface area contributed by atoms with Crippen molar-refractivity contribution in [1.29, 1.82) is 0 Å². The van der Waals surface area contributed by atoms with Crippen molar-refractivity contribution < 1.29 is 26.7 Å². The SMILES string of the molecule is COc1ccc(Cn2nc(C(F)(F)F)c3c2-c2cc(Br)ncc2NC(c2c(F)cccc2F)=N3)cc1. The molecule has 1 N–H and O–H groups in total. The van der Waals surface area contributed by atoms with Crippen LogP contribution in [-0.2, 0) is 12.7 Å². The lowest BCUT2D eigenvalue weighted by Gasteiger charge is -2.13. The van der Waals surface area contributed by atoms with Crippen LogP contribution in [0.5, 0.6) is 5.75 Å². The Morgan fingerprint density at radius 3 is 2.39 bits per heavy atom. The number of halogens is 6. The first-order valence-corrected chi connectivity index (χ1v) is 11.2. The average Bonchev–Trinajstić information content (AvgIpc) is 3.10. The van der Waals surface area contributed by atoms with Gasteiger partial charge in [0.05, 0.1) is 36.8 Å². The molecule has 0 aliphatic carbocycles. The zero-order valence-corrected chi connectivity index (χ0v) is 20.0. The summed E-state index contributed by atoms with van der Waals surface area (Å²) in [6.07, 6.45) is -3.56. The molecule has 2 aromatic carbocycles. The number of rotatable bonds is 4. The van der Waals surface area contributed by atoms with Gasteiger partial charge < -0.3 is 10.1 Å². The molecule has 0 spiro atoms. The van der Waals surface area contributed by atoms with Crippen molar-refractivity contribution in [3.05, 3.63) is 87.8 Å². The molecule has 0 unspecified atom stereocenters. The van der Waals surface area contributed by atoms with Crippen molar-refractivity contribution in [2.75, 3.05) is 12.4 Å². The Morgan fingerprint density at radius 1 is 1.06 bits per heavy atom. The van der Waals surface area contributed by atoms with E-state index in [-0.39, 0.29) is 23.5 Å². The van der Waals surface area contributed by atoms with Crippen LogP contribution in [-0.4, -0.2) is 27.7 Å². The molecule has 0 fully saturated rings. The van der Waals surface area contributed by atoms with Crippen LogP contribution in [0, 0.1) is 11.6 Å². The van der Waals surface area contributed by atoms with Gasteiger partial charge in [-0.15, -0.1) is 0 Å². The molecule has 1 aliphatic rings. The van der Waals surface area contributed by atoms with Crippen LogP contribution >= 0.6 is 15.9 Å². The van der Waals surface area contributed by atoms with Gasteiger partial charge in [-0.05, 0) is 51.8 Å². The number of hydrogen-bond donors (Lipinski definition) is 1. The smallest absolute Gasteiger partial charge is 0.437 e. The minimum absolute atomic E-state index is 0.00971. The van der Waals surface area contributed by atoms with E-state index in [1.165, 1.54) is 19.4 Å². The standard InChI is InChI=1S/C24H15BrF5N5O/c1-36-13-7-5-12(6-8-13)11-35-21-14-9-18(25)31-10-17(14)32-23(19-15(26)3-2-4-16(19)27)33-20(21)22(34-35)24(28,29)30/h2-10H,11H2,1H3,(H,32,33). The van der Waals surface area contributed by atoms with E-state index in [0.717, 1.165) is 22.9 Å². The van der Waals surface area contributed by atoms with E-state index < -0.39 is 40.6 Å². The summed E-state index contributed by atoms with van der Waals surface area (Å²) in [4.78, 5) is 8.20. The van der Waals surface area contributed by atoms with E-state index in [2.05, 4.69) is 36.3 Å². The molecular formula is C24H15BrF5N5O. The summed E-state index contributed by atoms with van der Waals surface area (Å²) in [5, 5.41) is 6.61. The molecule has 4 aromatic rings. The zero-order valence-electron chi connectivity index (χ0n) is 18.4. The summed E-state index contributed by atoms with van der Waals surface area (Å²) in [7, 11) is 1.50. The molecule has 36 heavy (non-hydrogen) atoms. The Balaban J connectivity index is 1.79. The summed E-state index contributed by atoms with van der Waals surface area (Å²) in [5.74, 6) is -1.84. The van der Waals surface area contributed by atoms with Crippen LogP contribution in [0.25, 0.3) is 11.3 Å². The highest BCUT2D eigenvalue weighted by molar-refractivity contribution is 9.10. The van der Waals surface area contributed by atoms with Crippen LogP contribution in [0.2, 0.25) is 0 Å². The fourth-order valence-corrected chi connectivity index (χ4v) is 4.20. The normalized spacial score (nSPS) is 12.8. The number of ether oxygens (including phenoxy) is 1. The van der Waals surface area contributed by atoms with Gasteiger partial charge in [-0.2, -0.15) is 18.3 Å². The van der Waals surface area contributed by atoms with Gasteiger partial charge in [0, 0.05) is 5.56 Å². The highest BCUT2D eigenvalue weighted by Gasteiger charge is 2.41. The molecule has 0 saturated carbocycles. The fraction of sp³-hybridized carbons (Fsp3) is 0.125. The third kappa shape index (κ3) is 4.32. The number of amidine groups is 1. The van der Waals surface area contributed by atoms with Crippen molar-refractivity contribution >= 4 is 33.1 Å². The number of aromatic nitrogens is 3. The monoisotopic (exact) mass is 563 g/mol. The maximum atomic E-state index is 14.6. The number of hydrogen-bond acceptors (Lipinski definition) is 5. The van der Waals surface area contributed by atoms with Gasteiger partial charge in [0.25, 0.3) is 0 Å². The van der Waals surface area contributed by atoms with Gasteiger partial charge in [-0.3, -0.25) is 4.68 Å². The van der Waals surface area contributed by atoms with E-state index in [9.17, 15) is 22.0 Å². The Labute approximate surface area is 209 Å². The first-order valence-electron chi connectivity index (χ1n) is 10.4. The molecule has 0 saturated heterocycles. The molecule has 0 atom stereocenters. The van der Waals surface area contributed by atoms with Crippen molar-refractivity contribution in [3.63, 3.8) is 0 Å². The molecule has 12 heteroatoms. The molecule has 0 amide bonds. The van der Waals surface area contributed by atoms with E-state index >= 15 is 0 Å². The minimum Gasteiger partial charge on any atom is -0.497 e. The Kier molecular flexibility index (Phi) is 5.99. The van der Waals surface area contributed by atoms with E-state index in [0.29, 0.717) is 15.9 Å². The lowest BCUT2D eigenvalue weighted by Crippen LogP contribution is -2.17. The zero-order chi connectivity index (χ0) is 25.6. The second kappa shape index (κ2) is 9.01. The topological polar surface area (TPSA) is 64.3 Å². The molecule has 184 valence electrons. The van der Waals surface area contributed by atoms with E-state index in [4.69, 9.17) is 4.74 Å². The summed E-state index contributed by atoms with van der Waals surface area (Å²) >= 11 is 3.24. The average molecular weight is 564 g/mol. The van der Waals surface area contributed by atoms with Crippen molar-refractivity contribution in [2.45, 2.75) is 12.7 Å². The first kappa shape index (κ1) is 23.9. The number of methoxy groups -OCH3 is 1. The third-order valence-corrected chi connectivity index (χ3v) is 5.92. The van der Waals surface area contributed by atoms with E-state index in [1.807, 2.05) is 0 Å². The Hall–Kier alpha value is -3.80. The summed E-state index contributed by atoms with van der Waals surface area (Å²) in [6, 6.07) is 11.4. The quantitative estimate of drug-likeness (QED) is 0.225. The van der Waals surface area contributed by atoms with Crippen LogP contribution in [0.4, 0.5) is 33.3 Å². The molecule has 3 heterocycles. The second-order valence-electron chi connectivity index (χ2n) is 7.78. The Bertz CT molecular complexity index is 1480. The lowest BCUT2D eigenvalue weighted by atomic mass is 10.1. The number of nitrogens with one attached hydrogen (secondary N) is 1. The summed E-state index contributed by atoms with van der Waals surface area (Å²) in [6.45, 7) is -0.0410. The predicted molar refractivity (Wildman–Crippen MR) is 126 cm³/mol. The van der Waals surface area contributed by atoms with Crippen LogP contribution in [0.1, 0.15) is 16.8 Å². The maximum absolute atomic E-state index is 14.6. The van der Waals surface area contributed by atoms with Gasteiger partial charge in [-0.25, -0.2) is 18.8 Å². The number of anilines is 1. The van der Waals surface area contributed by atoms with Gasteiger partial charge in [0.2, 0.25) is 0 Å². The van der Waals surface area contributed by atoms with Crippen LogP contribution in [0.3, 0.4) is 0 Å². The fourth-order valence-electron chi connectivity index (χ4n) is 3.87. The lowest BCUT2D eigenvalue weighted by molar-refractivity contribution is -0.140. The molecule has 6 nitrogen and oxygen atoms in total. The van der Waals surface area contributed by atoms with Crippen LogP contribution < -0.4 is 10.1 Å². The maximum Gasteiger partial charge on any atom is 0.437 e. The third-order valence-electron chi connectivity index (χ3n) is 5.49. The van der Waals surface area contributed by atoms with Crippen molar-refractivity contribution in [3.8, 4) is 17.0 Å². The molecule has 0 bridgehead atoms. The number of nitrogens with zero attached hydrogens (tertiary/aromatic N) is 4. The molecule has 5 rings (SSSR count). The first-order chi connectivity index (χ1) is 17.2. The highest BCUT2D eigenvalue weighted by atomic mass is 79.9.